The summed E-state index contributed by atoms with van der Waals surface area (Å²) in [4.78, 5) is 28.4. The molecule has 7 aromatic rings. The number of halogens is 8. The molecule has 64 heavy (non-hydrogen) atoms. The van der Waals surface area contributed by atoms with Gasteiger partial charge in [0, 0.05) is 47.9 Å². The van der Waals surface area contributed by atoms with Crippen LogP contribution < -0.4 is 25.0 Å². The summed E-state index contributed by atoms with van der Waals surface area (Å²) in [6, 6.07) is 29.4. The monoisotopic (exact) mass is 967 g/mol. The number of fused-ring (bicyclic) bond motifs is 2. The zero-order chi connectivity index (χ0) is 45.4. The van der Waals surface area contributed by atoms with Gasteiger partial charge < -0.3 is 25.0 Å². The van der Waals surface area contributed by atoms with Crippen molar-refractivity contribution in [3.05, 3.63) is 153 Å². The van der Waals surface area contributed by atoms with Gasteiger partial charge in [-0.1, -0.05) is 70.9 Å². The van der Waals surface area contributed by atoms with Crippen LogP contribution in [-0.2, 0) is 19.4 Å². The summed E-state index contributed by atoms with van der Waals surface area (Å²) >= 11 is 9.54. The molecule has 8 rings (SSSR count). The van der Waals surface area contributed by atoms with Crippen LogP contribution >= 0.6 is 27.5 Å². The molecular weight excluding hydrogens is 928 g/mol. The molecule has 0 aliphatic carbocycles. The number of nitrogens with one attached hydrogen (secondary N) is 2. The number of pyridine rings is 1. The zero-order valence-corrected chi connectivity index (χ0v) is 36.5. The maximum Gasteiger partial charge on any atom is 0.573 e. The predicted molar refractivity (Wildman–Crippen MR) is 237 cm³/mol. The molecule has 1 saturated heterocycles. The van der Waals surface area contributed by atoms with Crippen molar-refractivity contribution in [3.8, 4) is 11.5 Å². The lowest BCUT2D eigenvalue weighted by atomic mass is 9.89. The van der Waals surface area contributed by atoms with Gasteiger partial charge in [0.1, 0.15) is 35.0 Å². The van der Waals surface area contributed by atoms with Gasteiger partial charge in [-0.25, -0.2) is 15.0 Å². The van der Waals surface area contributed by atoms with Crippen molar-refractivity contribution in [1.29, 1.82) is 0 Å². The Bertz CT molecular complexity index is 2670. The van der Waals surface area contributed by atoms with Crippen molar-refractivity contribution in [2.75, 3.05) is 29.9 Å². The second kappa shape index (κ2) is 20.2. The Kier molecular flexibility index (Phi) is 14.5. The third-order valence-electron chi connectivity index (χ3n) is 10.5. The normalized spacial score (nSPS) is 13.4. The number of imidazole rings is 1. The molecular formula is C46H41BrClF6N7O3. The largest absolute Gasteiger partial charge is 0.573 e. The molecule has 10 nitrogen and oxygen atoms in total. The first-order valence-electron chi connectivity index (χ1n) is 20.2. The number of carbonyl (C=O) groups excluding carboxylic acids is 1. The number of carbonyl (C=O) groups is 1. The van der Waals surface area contributed by atoms with Crippen LogP contribution in [-0.4, -0.2) is 57.6 Å². The number of anilines is 2. The number of alkyl halides is 6. The summed E-state index contributed by atoms with van der Waals surface area (Å²) in [5.41, 5.74) is 6.71. The Balaban J connectivity index is 0.000000211. The highest BCUT2D eigenvalue weighted by Crippen LogP contribution is 2.33. The molecule has 1 amide bonds. The molecule has 4 aromatic carbocycles. The van der Waals surface area contributed by atoms with Crippen molar-refractivity contribution < 1.29 is 40.6 Å². The number of hydrogen-bond acceptors (Lipinski definition) is 8. The van der Waals surface area contributed by atoms with E-state index >= 15 is 0 Å². The minimum absolute atomic E-state index is 0.200. The Labute approximate surface area is 377 Å². The van der Waals surface area contributed by atoms with Gasteiger partial charge in [-0.05, 0) is 115 Å². The number of piperidine rings is 1. The SMILES string of the molecule is CCc1nc2ccc(Cl)cn2c1C(=O)NCc1ccc(N2CCC(c3ccc(OC(F)(F)F)cc3)CC2)cc1.FC(F)(F)Oc1ccc(CCNc2ncnc3cc(Br)ccc23)cc1. The van der Waals surface area contributed by atoms with Crippen LogP contribution in [0, 0.1) is 0 Å². The molecule has 1 fully saturated rings. The van der Waals surface area contributed by atoms with Gasteiger partial charge in [0.15, 0.2) is 0 Å². The zero-order valence-electron chi connectivity index (χ0n) is 34.2. The van der Waals surface area contributed by atoms with Gasteiger partial charge in [0.2, 0.25) is 0 Å². The van der Waals surface area contributed by atoms with Crippen molar-refractivity contribution in [1.82, 2.24) is 24.7 Å². The van der Waals surface area contributed by atoms with Gasteiger partial charge in [-0.2, -0.15) is 0 Å². The Morgan fingerprint density at radius 2 is 1.47 bits per heavy atom. The van der Waals surface area contributed by atoms with Gasteiger partial charge in [0.25, 0.3) is 5.91 Å². The molecule has 1 aliphatic rings. The maximum absolute atomic E-state index is 13.0. The number of hydrogen-bond donors (Lipinski definition) is 2. The number of aryl methyl sites for hydroxylation is 1. The molecule has 0 radical (unpaired) electrons. The second-order valence-electron chi connectivity index (χ2n) is 14.8. The topological polar surface area (TPSA) is 106 Å². The van der Waals surface area contributed by atoms with Gasteiger partial charge in [-0.15, -0.1) is 26.3 Å². The summed E-state index contributed by atoms with van der Waals surface area (Å²) in [5.74, 6) is 0.378. The van der Waals surface area contributed by atoms with Crippen molar-refractivity contribution in [3.63, 3.8) is 0 Å². The summed E-state index contributed by atoms with van der Waals surface area (Å²) in [5, 5.41) is 7.66. The number of nitrogens with zero attached hydrogens (tertiary/aromatic N) is 5. The van der Waals surface area contributed by atoms with Crippen LogP contribution in [0.1, 0.15) is 58.6 Å². The highest BCUT2D eigenvalue weighted by Gasteiger charge is 2.32. The average Bonchev–Trinajstić information content (AvgIpc) is 3.64. The van der Waals surface area contributed by atoms with Gasteiger partial charge in [-0.3, -0.25) is 9.20 Å². The number of ether oxygens (including phenoxy) is 2. The number of rotatable bonds is 12. The van der Waals surface area contributed by atoms with Crippen LogP contribution in [0.15, 0.2) is 120 Å². The molecule has 4 heterocycles. The van der Waals surface area contributed by atoms with Crippen LogP contribution in [0.5, 0.6) is 11.5 Å². The lowest BCUT2D eigenvalue weighted by Gasteiger charge is -2.34. The van der Waals surface area contributed by atoms with Crippen molar-refractivity contribution in [2.45, 2.75) is 57.8 Å². The van der Waals surface area contributed by atoms with Gasteiger partial charge >= 0.3 is 12.7 Å². The summed E-state index contributed by atoms with van der Waals surface area (Å²) in [6.07, 6.45) is -3.10. The molecule has 0 spiro atoms. The molecule has 3 aromatic heterocycles. The van der Waals surface area contributed by atoms with E-state index in [-0.39, 0.29) is 23.3 Å². The van der Waals surface area contributed by atoms with E-state index in [2.05, 4.69) is 68.0 Å². The van der Waals surface area contributed by atoms with Crippen molar-refractivity contribution in [2.24, 2.45) is 0 Å². The van der Waals surface area contributed by atoms with Crippen LogP contribution in [0.3, 0.4) is 0 Å². The molecule has 18 heteroatoms. The Hall–Kier alpha value is -6.07. The Morgan fingerprint density at radius 3 is 2.11 bits per heavy atom. The third-order valence-corrected chi connectivity index (χ3v) is 11.2. The minimum Gasteiger partial charge on any atom is -0.406 e. The van der Waals surface area contributed by atoms with Crippen molar-refractivity contribution >= 4 is 61.5 Å². The number of aromatic nitrogens is 4. The number of benzene rings is 4. The van der Waals surface area contributed by atoms with E-state index in [0.29, 0.717) is 42.3 Å². The smallest absolute Gasteiger partial charge is 0.406 e. The fraction of sp³-hybridized carbons (Fsp3) is 0.261. The molecule has 0 unspecified atom stereocenters. The maximum atomic E-state index is 13.0. The lowest BCUT2D eigenvalue weighted by molar-refractivity contribution is -0.275. The highest BCUT2D eigenvalue weighted by molar-refractivity contribution is 9.10. The lowest BCUT2D eigenvalue weighted by Crippen LogP contribution is -2.32. The fourth-order valence-corrected chi connectivity index (χ4v) is 7.92. The minimum atomic E-state index is -4.68. The first kappa shape index (κ1) is 45.9. The van der Waals surface area contributed by atoms with E-state index in [1.165, 1.54) is 30.6 Å². The first-order chi connectivity index (χ1) is 30.6. The van der Waals surface area contributed by atoms with E-state index < -0.39 is 12.7 Å². The third kappa shape index (κ3) is 12.3. The van der Waals surface area contributed by atoms with E-state index in [9.17, 15) is 31.1 Å². The molecule has 2 N–H and O–H groups in total. The fourth-order valence-electron chi connectivity index (χ4n) is 7.41. The highest BCUT2D eigenvalue weighted by atomic mass is 79.9. The molecule has 0 saturated carbocycles. The predicted octanol–water partition coefficient (Wildman–Crippen LogP) is 11.7. The molecule has 0 atom stereocenters. The van der Waals surface area contributed by atoms with E-state index in [1.54, 1.807) is 47.0 Å². The standard InChI is InChI=1S/C29H28ClF3N4O2.C17H13BrF3N3O/c1-2-25-27(37-18-22(30)7-12-26(37)35-25)28(38)34-17-19-3-8-23(9-4-19)36-15-13-21(14-16-36)20-5-10-24(11-6-20)39-29(31,32)33;18-12-3-6-14-15(9-12)23-10-24-16(14)22-8-7-11-1-4-13(5-2-11)25-17(19,20)21/h3-12,18,21H,2,13-17H2,1H3,(H,34,38);1-6,9-10H,7-8H2,(H,22,23,24). The summed E-state index contributed by atoms with van der Waals surface area (Å²) in [7, 11) is 0. The molecule has 0 bridgehead atoms. The average molecular weight is 969 g/mol. The van der Waals surface area contributed by atoms with Crippen LogP contribution in [0.2, 0.25) is 5.02 Å². The summed E-state index contributed by atoms with van der Waals surface area (Å²) < 4.78 is 84.1. The number of amides is 1. The van der Waals surface area contributed by atoms with Gasteiger partial charge in [0.05, 0.1) is 16.2 Å². The summed E-state index contributed by atoms with van der Waals surface area (Å²) in [6.45, 7) is 4.62. The molecule has 1 aliphatic heterocycles. The first-order valence-corrected chi connectivity index (χ1v) is 21.4. The van der Waals surface area contributed by atoms with Crippen LogP contribution in [0.4, 0.5) is 37.8 Å². The molecule has 334 valence electrons. The quantitative estimate of drug-likeness (QED) is 0.117. The van der Waals surface area contributed by atoms with Crippen LogP contribution in [0.25, 0.3) is 16.6 Å². The Morgan fingerprint density at radius 1 is 0.828 bits per heavy atom. The van der Waals surface area contributed by atoms with E-state index in [1.807, 2.05) is 37.3 Å². The van der Waals surface area contributed by atoms with E-state index in [0.717, 1.165) is 75.2 Å². The second-order valence-corrected chi connectivity index (χ2v) is 16.2. The van der Waals surface area contributed by atoms with E-state index in [4.69, 9.17) is 11.6 Å².